The number of nitro groups is 1. The summed E-state index contributed by atoms with van der Waals surface area (Å²) in [5.41, 5.74) is 3.80. The van der Waals surface area contributed by atoms with Crippen LogP contribution in [0.25, 0.3) is 0 Å². The number of methoxy groups -OCH3 is 2. The lowest BCUT2D eigenvalue weighted by Crippen LogP contribution is -2.32. The van der Waals surface area contributed by atoms with Crippen LogP contribution in [0, 0.1) is 10.1 Å². The minimum Gasteiger partial charge on any atom is -0.493 e. The Kier molecular flexibility index (Phi) is 5.48. The Balaban J connectivity index is 1.84. The molecular formula is C22H25N2O6+. The first-order chi connectivity index (χ1) is 14.6. The summed E-state index contributed by atoms with van der Waals surface area (Å²) >= 11 is 0. The highest BCUT2D eigenvalue weighted by molar-refractivity contribution is 6.01. The maximum Gasteiger partial charge on any atom is 0.318 e. The Bertz CT molecular complexity index is 1030. The van der Waals surface area contributed by atoms with E-state index < -0.39 is 4.92 Å². The van der Waals surface area contributed by atoms with Gasteiger partial charge in [0.05, 0.1) is 25.6 Å². The first-order valence-corrected chi connectivity index (χ1v) is 9.99. The Morgan fingerprint density at radius 3 is 2.60 bits per heavy atom. The van der Waals surface area contributed by atoms with Gasteiger partial charge in [0.2, 0.25) is 12.5 Å². The van der Waals surface area contributed by atoms with Crippen LogP contribution >= 0.6 is 0 Å². The van der Waals surface area contributed by atoms with Gasteiger partial charge < -0.3 is 18.9 Å². The molecule has 30 heavy (non-hydrogen) atoms. The molecule has 158 valence electrons. The van der Waals surface area contributed by atoms with E-state index in [2.05, 4.69) is 11.5 Å². The van der Waals surface area contributed by atoms with Crippen LogP contribution in [0.5, 0.6) is 23.0 Å². The fourth-order valence-corrected chi connectivity index (χ4v) is 4.22. The summed E-state index contributed by atoms with van der Waals surface area (Å²) in [5.74, 6) is 1.96. The molecule has 2 aromatic carbocycles. The van der Waals surface area contributed by atoms with Crippen molar-refractivity contribution in [3.63, 3.8) is 0 Å². The summed E-state index contributed by atoms with van der Waals surface area (Å²) in [6, 6.07) is 7.50. The van der Waals surface area contributed by atoms with Gasteiger partial charge in [0.1, 0.15) is 13.1 Å². The molecule has 0 saturated heterocycles. The van der Waals surface area contributed by atoms with Crippen molar-refractivity contribution in [3.8, 4) is 23.0 Å². The average molecular weight is 413 g/mol. The highest BCUT2D eigenvalue weighted by Gasteiger charge is 2.33. The van der Waals surface area contributed by atoms with Gasteiger partial charge in [-0.05, 0) is 29.8 Å². The molecule has 0 radical (unpaired) electrons. The molecule has 4 rings (SSSR count). The fourth-order valence-electron chi connectivity index (χ4n) is 4.22. The normalized spacial score (nSPS) is 14.5. The second kappa shape index (κ2) is 8.22. The average Bonchev–Trinajstić information content (AvgIpc) is 3.20. The highest BCUT2D eigenvalue weighted by Crippen LogP contribution is 2.41. The SMILES string of the molecule is CCC[N+]1=C(Cc2ccc(OC)c(OC)c2[N+](=O)[O-])c2cc3c(cc2CC1)OCO3. The molecule has 2 aliphatic rings. The van der Waals surface area contributed by atoms with Crippen LogP contribution < -0.4 is 18.9 Å². The monoisotopic (exact) mass is 413 g/mol. The van der Waals surface area contributed by atoms with Gasteiger partial charge in [0.15, 0.2) is 23.0 Å². The molecule has 0 saturated carbocycles. The van der Waals surface area contributed by atoms with E-state index in [1.54, 1.807) is 12.1 Å². The second-order valence-corrected chi connectivity index (χ2v) is 7.29. The number of hydrogen-bond donors (Lipinski definition) is 0. The molecule has 0 N–H and O–H groups in total. The predicted molar refractivity (Wildman–Crippen MR) is 111 cm³/mol. The predicted octanol–water partition coefficient (Wildman–Crippen LogP) is 3.35. The van der Waals surface area contributed by atoms with E-state index in [1.165, 1.54) is 19.8 Å². The van der Waals surface area contributed by atoms with E-state index in [0.29, 0.717) is 23.5 Å². The molecule has 0 spiro atoms. The van der Waals surface area contributed by atoms with Crippen molar-refractivity contribution in [3.05, 3.63) is 51.1 Å². The molecule has 0 aliphatic carbocycles. The maximum atomic E-state index is 11.9. The number of fused-ring (bicyclic) bond motifs is 2. The van der Waals surface area contributed by atoms with Gasteiger partial charge in [-0.2, -0.15) is 0 Å². The van der Waals surface area contributed by atoms with Gasteiger partial charge in [-0.25, -0.2) is 4.58 Å². The van der Waals surface area contributed by atoms with E-state index in [9.17, 15) is 10.1 Å². The van der Waals surface area contributed by atoms with Crippen molar-refractivity contribution in [1.29, 1.82) is 0 Å². The van der Waals surface area contributed by atoms with Crippen molar-refractivity contribution in [2.24, 2.45) is 0 Å². The lowest BCUT2D eigenvalue weighted by Gasteiger charge is -2.20. The summed E-state index contributed by atoms with van der Waals surface area (Å²) in [5, 5.41) is 11.9. The van der Waals surface area contributed by atoms with Gasteiger partial charge in [-0.1, -0.05) is 6.92 Å². The van der Waals surface area contributed by atoms with Gasteiger partial charge in [0, 0.05) is 24.0 Å². The molecule has 2 heterocycles. The Morgan fingerprint density at radius 2 is 1.93 bits per heavy atom. The molecule has 2 aromatic rings. The molecule has 8 nitrogen and oxygen atoms in total. The molecule has 8 heteroatoms. The molecule has 0 aromatic heterocycles. The second-order valence-electron chi connectivity index (χ2n) is 7.29. The van der Waals surface area contributed by atoms with E-state index in [4.69, 9.17) is 18.9 Å². The minimum absolute atomic E-state index is 0.0614. The number of rotatable bonds is 7. The molecule has 0 unspecified atom stereocenters. The molecule has 0 bridgehead atoms. The van der Waals surface area contributed by atoms with E-state index in [1.807, 2.05) is 12.1 Å². The van der Waals surface area contributed by atoms with Crippen molar-refractivity contribution in [1.82, 2.24) is 0 Å². The number of hydrogen-bond acceptors (Lipinski definition) is 6. The Labute approximate surface area is 174 Å². The standard InChI is InChI=1S/C22H25N2O6/c1-4-8-23-9-7-14-11-19-20(30-13-29-19)12-16(14)17(23)10-15-5-6-18(27-2)22(28-3)21(15)24(25)26/h5-6,11-12H,4,7-10,13H2,1-3H3/q+1. The summed E-state index contributed by atoms with van der Waals surface area (Å²) in [7, 11) is 2.89. The first-order valence-electron chi connectivity index (χ1n) is 9.99. The van der Waals surface area contributed by atoms with Crippen LogP contribution in [0.3, 0.4) is 0 Å². The molecule has 2 aliphatic heterocycles. The topological polar surface area (TPSA) is 83.1 Å². The van der Waals surface area contributed by atoms with E-state index >= 15 is 0 Å². The van der Waals surface area contributed by atoms with Crippen molar-refractivity contribution in [2.45, 2.75) is 26.2 Å². The van der Waals surface area contributed by atoms with Gasteiger partial charge in [0.25, 0.3) is 0 Å². The van der Waals surface area contributed by atoms with E-state index in [0.717, 1.165) is 43.0 Å². The quantitative estimate of drug-likeness (QED) is 0.393. The Hall–Kier alpha value is -3.29. The molecule has 0 atom stereocenters. The lowest BCUT2D eigenvalue weighted by molar-refractivity contribution is -0.529. The third-order valence-corrected chi connectivity index (χ3v) is 5.58. The summed E-state index contributed by atoms with van der Waals surface area (Å²) in [4.78, 5) is 11.5. The zero-order valence-corrected chi connectivity index (χ0v) is 17.4. The summed E-state index contributed by atoms with van der Waals surface area (Å²) in [6.07, 6.45) is 2.28. The van der Waals surface area contributed by atoms with Crippen LogP contribution in [-0.4, -0.2) is 49.3 Å². The van der Waals surface area contributed by atoms with Crippen LogP contribution in [0.4, 0.5) is 5.69 Å². The number of benzene rings is 2. The summed E-state index contributed by atoms with van der Waals surface area (Å²) < 4.78 is 24.0. The van der Waals surface area contributed by atoms with Crippen LogP contribution in [0.15, 0.2) is 24.3 Å². The van der Waals surface area contributed by atoms with Crippen LogP contribution in [-0.2, 0) is 12.8 Å². The van der Waals surface area contributed by atoms with E-state index in [-0.39, 0.29) is 18.2 Å². The van der Waals surface area contributed by atoms with Gasteiger partial charge in [-0.15, -0.1) is 0 Å². The van der Waals surface area contributed by atoms with Gasteiger partial charge in [-0.3, -0.25) is 10.1 Å². The van der Waals surface area contributed by atoms with Crippen molar-refractivity contribution >= 4 is 11.4 Å². The molecular weight excluding hydrogens is 388 g/mol. The number of nitro benzene ring substituents is 1. The van der Waals surface area contributed by atoms with Crippen LogP contribution in [0.2, 0.25) is 0 Å². The van der Waals surface area contributed by atoms with Crippen molar-refractivity contribution < 1.29 is 28.4 Å². The zero-order chi connectivity index (χ0) is 21.3. The maximum absolute atomic E-state index is 11.9. The third kappa shape index (κ3) is 3.42. The first kappa shape index (κ1) is 20.0. The third-order valence-electron chi connectivity index (χ3n) is 5.58. The molecule has 0 fully saturated rings. The van der Waals surface area contributed by atoms with Crippen molar-refractivity contribution in [2.75, 3.05) is 34.1 Å². The zero-order valence-electron chi connectivity index (χ0n) is 17.4. The minimum atomic E-state index is -0.398. The fraction of sp³-hybridized carbons (Fsp3) is 0.409. The number of ether oxygens (including phenoxy) is 4. The number of nitrogens with zero attached hydrogens (tertiary/aromatic N) is 2. The van der Waals surface area contributed by atoms with Crippen LogP contribution in [0.1, 0.15) is 30.0 Å². The Morgan fingerprint density at radius 1 is 1.17 bits per heavy atom. The summed E-state index contributed by atoms with van der Waals surface area (Å²) in [6.45, 7) is 4.08. The largest absolute Gasteiger partial charge is 0.493 e. The smallest absolute Gasteiger partial charge is 0.318 e. The van der Waals surface area contributed by atoms with Gasteiger partial charge >= 0.3 is 5.69 Å². The molecule has 0 amide bonds. The lowest BCUT2D eigenvalue weighted by atomic mass is 9.91. The highest BCUT2D eigenvalue weighted by atomic mass is 16.7.